The van der Waals surface area contributed by atoms with Gasteiger partial charge in [0.2, 0.25) is 0 Å². The number of morpholine rings is 1. The number of rotatable bonds is 4. The number of hydrogen-bond donors (Lipinski definition) is 2. The summed E-state index contributed by atoms with van der Waals surface area (Å²) in [6, 6.07) is 4.09. The van der Waals surface area contributed by atoms with E-state index >= 15 is 0 Å². The molecule has 1 unspecified atom stereocenters. The van der Waals surface area contributed by atoms with Crippen molar-refractivity contribution in [3.8, 4) is 0 Å². The monoisotopic (exact) mass is 418 g/mol. The molecule has 1 aromatic heterocycles. The molecule has 0 aliphatic carbocycles. The summed E-state index contributed by atoms with van der Waals surface area (Å²) in [5.41, 5.74) is 0.630. The smallest absolute Gasteiger partial charge is 0.407 e. The van der Waals surface area contributed by atoms with Crippen molar-refractivity contribution in [2.24, 2.45) is 4.99 Å². The predicted molar refractivity (Wildman–Crippen MR) is 117 cm³/mol. The molecule has 2 N–H and O–H groups in total. The number of guanidine groups is 1. The maximum absolute atomic E-state index is 12.0. The topological polar surface area (TPSA) is 91.3 Å². The Morgan fingerprint density at radius 3 is 2.80 bits per heavy atom. The average Bonchev–Trinajstić information content (AvgIpc) is 3.16. The van der Waals surface area contributed by atoms with Crippen LogP contribution in [-0.2, 0) is 16.0 Å². The molecule has 2 fully saturated rings. The van der Waals surface area contributed by atoms with E-state index in [9.17, 15) is 4.79 Å². The van der Waals surface area contributed by atoms with Crippen molar-refractivity contribution in [3.63, 3.8) is 0 Å². The van der Waals surface area contributed by atoms with Crippen LogP contribution in [0.25, 0.3) is 0 Å². The summed E-state index contributed by atoms with van der Waals surface area (Å²) in [4.78, 5) is 25.5. The van der Waals surface area contributed by atoms with Crippen LogP contribution in [0.15, 0.2) is 23.3 Å². The Labute approximate surface area is 178 Å². The average molecular weight is 419 g/mol. The van der Waals surface area contributed by atoms with E-state index in [0.717, 1.165) is 56.6 Å². The Balaban J connectivity index is 1.54. The van der Waals surface area contributed by atoms with Crippen LogP contribution in [0.4, 0.5) is 10.6 Å². The molecule has 166 valence electrons. The van der Waals surface area contributed by atoms with E-state index in [1.807, 2.05) is 33.0 Å². The number of anilines is 1. The fourth-order valence-electron chi connectivity index (χ4n) is 3.68. The standard InChI is InChI=1S/C21H34N6O3/c1-21(2,3)30-20(28)25-17-7-9-27(15-17)19(22-4)24-14-16-6-5-8-23-18(16)26-10-12-29-13-11-26/h5-6,8,17H,7,9-15H2,1-4H3,(H,22,24)(H,25,28). The second-order valence-corrected chi connectivity index (χ2v) is 8.56. The van der Waals surface area contributed by atoms with Crippen LogP contribution >= 0.6 is 0 Å². The van der Waals surface area contributed by atoms with Crippen LogP contribution < -0.4 is 15.5 Å². The molecule has 1 aromatic rings. The molecule has 0 aromatic carbocycles. The lowest BCUT2D eigenvalue weighted by molar-refractivity contribution is 0.0507. The molecule has 3 heterocycles. The Kier molecular flexibility index (Phi) is 7.36. The van der Waals surface area contributed by atoms with E-state index in [2.05, 4.69) is 36.5 Å². The minimum absolute atomic E-state index is 0.0423. The number of nitrogens with zero attached hydrogens (tertiary/aromatic N) is 4. The predicted octanol–water partition coefficient (Wildman–Crippen LogP) is 1.59. The number of likely N-dealkylation sites (tertiary alicyclic amines) is 1. The first-order valence-corrected chi connectivity index (χ1v) is 10.6. The van der Waals surface area contributed by atoms with Crippen molar-refractivity contribution < 1.29 is 14.3 Å². The third kappa shape index (κ3) is 6.22. The number of aliphatic imine (C=N–C) groups is 1. The molecule has 2 aliphatic rings. The summed E-state index contributed by atoms with van der Waals surface area (Å²) in [7, 11) is 1.78. The Hall–Kier alpha value is -2.55. The summed E-state index contributed by atoms with van der Waals surface area (Å²) in [5, 5.41) is 6.41. The van der Waals surface area contributed by atoms with Gasteiger partial charge in [-0.3, -0.25) is 4.99 Å². The van der Waals surface area contributed by atoms with Crippen LogP contribution in [0, 0.1) is 0 Å². The summed E-state index contributed by atoms with van der Waals surface area (Å²) < 4.78 is 10.8. The third-order valence-corrected chi connectivity index (χ3v) is 5.04. The van der Waals surface area contributed by atoms with Crippen LogP contribution in [-0.4, -0.2) is 80.0 Å². The van der Waals surface area contributed by atoms with Gasteiger partial charge in [-0.05, 0) is 33.3 Å². The van der Waals surface area contributed by atoms with Crippen molar-refractivity contribution >= 4 is 17.9 Å². The van der Waals surface area contributed by atoms with Crippen LogP contribution in [0.1, 0.15) is 32.8 Å². The number of carbonyl (C=O) groups excluding carboxylic acids is 1. The van der Waals surface area contributed by atoms with Gasteiger partial charge in [0.1, 0.15) is 11.4 Å². The fourth-order valence-corrected chi connectivity index (χ4v) is 3.68. The second-order valence-electron chi connectivity index (χ2n) is 8.56. The van der Waals surface area contributed by atoms with Gasteiger partial charge >= 0.3 is 6.09 Å². The van der Waals surface area contributed by atoms with Gasteiger partial charge in [0, 0.05) is 51.5 Å². The highest BCUT2D eigenvalue weighted by atomic mass is 16.6. The molecule has 0 bridgehead atoms. The number of alkyl carbamates (subject to hydrolysis) is 1. The fraction of sp³-hybridized carbons (Fsp3) is 0.667. The molecular formula is C21H34N6O3. The van der Waals surface area contributed by atoms with Crippen molar-refractivity contribution in [1.82, 2.24) is 20.5 Å². The SMILES string of the molecule is CN=C(NCc1cccnc1N1CCOCC1)N1CCC(NC(=O)OC(C)(C)C)C1. The molecule has 30 heavy (non-hydrogen) atoms. The minimum atomic E-state index is -0.498. The van der Waals surface area contributed by atoms with E-state index in [-0.39, 0.29) is 12.1 Å². The van der Waals surface area contributed by atoms with Gasteiger partial charge in [-0.2, -0.15) is 0 Å². The first kappa shape index (κ1) is 22.1. The number of ether oxygens (including phenoxy) is 2. The lowest BCUT2D eigenvalue weighted by atomic mass is 10.2. The van der Waals surface area contributed by atoms with Gasteiger partial charge in [-0.25, -0.2) is 9.78 Å². The number of amides is 1. The van der Waals surface area contributed by atoms with E-state index in [1.54, 1.807) is 7.05 Å². The highest BCUT2D eigenvalue weighted by Gasteiger charge is 2.28. The van der Waals surface area contributed by atoms with Crippen molar-refractivity contribution in [2.45, 2.75) is 45.4 Å². The molecular weight excluding hydrogens is 384 g/mol. The van der Waals surface area contributed by atoms with Gasteiger partial charge in [0.15, 0.2) is 5.96 Å². The Morgan fingerprint density at radius 1 is 1.33 bits per heavy atom. The van der Waals surface area contributed by atoms with Crippen molar-refractivity contribution in [2.75, 3.05) is 51.3 Å². The number of carbonyl (C=O) groups is 1. The first-order valence-electron chi connectivity index (χ1n) is 10.6. The van der Waals surface area contributed by atoms with Gasteiger partial charge < -0.3 is 29.9 Å². The largest absolute Gasteiger partial charge is 0.444 e. The van der Waals surface area contributed by atoms with Crippen LogP contribution in [0.5, 0.6) is 0 Å². The number of aromatic nitrogens is 1. The number of nitrogens with one attached hydrogen (secondary N) is 2. The van der Waals surface area contributed by atoms with Crippen molar-refractivity contribution in [3.05, 3.63) is 23.9 Å². The Morgan fingerprint density at radius 2 is 2.10 bits per heavy atom. The lowest BCUT2D eigenvalue weighted by Gasteiger charge is -2.30. The van der Waals surface area contributed by atoms with Gasteiger partial charge in [-0.1, -0.05) is 6.07 Å². The molecule has 1 amide bonds. The zero-order valence-corrected chi connectivity index (χ0v) is 18.5. The summed E-state index contributed by atoms with van der Waals surface area (Å²) >= 11 is 0. The third-order valence-electron chi connectivity index (χ3n) is 5.04. The van der Waals surface area contributed by atoms with Crippen LogP contribution in [0.3, 0.4) is 0 Å². The second kappa shape index (κ2) is 9.97. The zero-order valence-electron chi connectivity index (χ0n) is 18.5. The van der Waals surface area contributed by atoms with E-state index in [4.69, 9.17) is 9.47 Å². The summed E-state index contributed by atoms with van der Waals surface area (Å²) in [6.45, 7) is 10.9. The van der Waals surface area contributed by atoms with E-state index in [0.29, 0.717) is 13.1 Å². The maximum atomic E-state index is 12.0. The summed E-state index contributed by atoms with van der Waals surface area (Å²) in [6.07, 6.45) is 2.31. The van der Waals surface area contributed by atoms with E-state index < -0.39 is 5.60 Å². The normalized spacial score (nSPS) is 20.3. The van der Waals surface area contributed by atoms with Gasteiger partial charge in [0.05, 0.1) is 19.3 Å². The molecule has 0 radical (unpaired) electrons. The molecule has 3 rings (SSSR count). The van der Waals surface area contributed by atoms with Crippen LogP contribution in [0.2, 0.25) is 0 Å². The molecule has 2 saturated heterocycles. The molecule has 1 atom stereocenters. The van der Waals surface area contributed by atoms with Crippen molar-refractivity contribution in [1.29, 1.82) is 0 Å². The zero-order chi connectivity index (χ0) is 21.6. The summed E-state index contributed by atoms with van der Waals surface area (Å²) in [5.74, 6) is 1.81. The van der Waals surface area contributed by atoms with Gasteiger partial charge in [-0.15, -0.1) is 0 Å². The quantitative estimate of drug-likeness (QED) is 0.567. The number of pyridine rings is 1. The first-order chi connectivity index (χ1) is 14.4. The highest BCUT2D eigenvalue weighted by molar-refractivity contribution is 5.80. The Bertz CT molecular complexity index is 743. The molecule has 9 nitrogen and oxygen atoms in total. The minimum Gasteiger partial charge on any atom is -0.444 e. The maximum Gasteiger partial charge on any atom is 0.407 e. The van der Waals surface area contributed by atoms with Gasteiger partial charge in [0.25, 0.3) is 0 Å². The molecule has 2 aliphatic heterocycles. The lowest BCUT2D eigenvalue weighted by Crippen LogP contribution is -2.44. The molecule has 0 spiro atoms. The van der Waals surface area contributed by atoms with E-state index in [1.165, 1.54) is 0 Å². The number of hydrogen-bond acceptors (Lipinski definition) is 6. The molecule has 0 saturated carbocycles. The molecule has 9 heteroatoms. The highest BCUT2D eigenvalue weighted by Crippen LogP contribution is 2.19.